The summed E-state index contributed by atoms with van der Waals surface area (Å²) >= 11 is 0. The van der Waals surface area contributed by atoms with E-state index >= 15 is 0 Å². The molecule has 1 aliphatic rings. The number of benzene rings is 1. The monoisotopic (exact) mass is 375 g/mol. The summed E-state index contributed by atoms with van der Waals surface area (Å²) < 4.78 is 81.2. The van der Waals surface area contributed by atoms with E-state index in [-0.39, 0.29) is 26.2 Å². The van der Waals surface area contributed by atoms with Crippen molar-refractivity contribution in [1.82, 2.24) is 9.88 Å². The standard InChI is InChI=1S/C17H15F6N3/c1-9(11-3-2-10(18)8-12(11)19)25-4-6-26(7-5-25)15-13(20)16(22)24-17(23)14(15)21/h2-3,8-9H,4-7H2,1H3. The maximum Gasteiger partial charge on any atom is 0.253 e. The Morgan fingerprint density at radius 1 is 0.885 bits per heavy atom. The maximum atomic E-state index is 13.9. The van der Waals surface area contributed by atoms with Gasteiger partial charge in [-0.2, -0.15) is 22.5 Å². The number of rotatable bonds is 3. The Bertz CT molecular complexity index is 794. The van der Waals surface area contributed by atoms with Gasteiger partial charge in [-0.25, -0.2) is 8.78 Å². The topological polar surface area (TPSA) is 19.4 Å². The van der Waals surface area contributed by atoms with E-state index in [2.05, 4.69) is 4.98 Å². The highest BCUT2D eigenvalue weighted by molar-refractivity contribution is 5.49. The van der Waals surface area contributed by atoms with Crippen LogP contribution in [-0.4, -0.2) is 36.1 Å². The van der Waals surface area contributed by atoms with Crippen LogP contribution in [0.15, 0.2) is 18.2 Å². The molecule has 1 saturated heterocycles. The Labute approximate surface area is 145 Å². The molecule has 2 aromatic rings. The van der Waals surface area contributed by atoms with E-state index in [1.807, 2.05) is 4.90 Å². The van der Waals surface area contributed by atoms with Gasteiger partial charge in [0.05, 0.1) is 0 Å². The van der Waals surface area contributed by atoms with Crippen molar-refractivity contribution >= 4 is 5.69 Å². The van der Waals surface area contributed by atoms with Crippen LogP contribution in [0.1, 0.15) is 18.5 Å². The van der Waals surface area contributed by atoms with Gasteiger partial charge >= 0.3 is 0 Å². The largest absolute Gasteiger partial charge is 0.364 e. The third kappa shape index (κ3) is 3.35. The second-order valence-corrected chi connectivity index (χ2v) is 6.03. The van der Waals surface area contributed by atoms with Crippen molar-refractivity contribution in [2.24, 2.45) is 0 Å². The lowest BCUT2D eigenvalue weighted by Gasteiger charge is -2.39. The Hall–Kier alpha value is -2.29. The zero-order valence-corrected chi connectivity index (χ0v) is 13.7. The number of piperazine rings is 1. The van der Waals surface area contributed by atoms with Crippen LogP contribution in [-0.2, 0) is 0 Å². The molecule has 0 aliphatic carbocycles. The first kappa shape index (κ1) is 18.5. The Morgan fingerprint density at radius 3 is 2.00 bits per heavy atom. The normalized spacial score (nSPS) is 16.8. The molecule has 1 aromatic carbocycles. The van der Waals surface area contributed by atoms with Crippen LogP contribution in [0.5, 0.6) is 0 Å². The van der Waals surface area contributed by atoms with Crippen LogP contribution < -0.4 is 4.90 Å². The highest BCUT2D eigenvalue weighted by atomic mass is 19.2. The summed E-state index contributed by atoms with van der Waals surface area (Å²) in [5.41, 5.74) is -0.506. The molecule has 0 amide bonds. The molecule has 9 heteroatoms. The van der Waals surface area contributed by atoms with Crippen molar-refractivity contribution in [2.75, 3.05) is 31.1 Å². The van der Waals surface area contributed by atoms with Gasteiger partial charge in [-0.05, 0) is 13.0 Å². The minimum absolute atomic E-state index is 0.0733. The first-order valence-electron chi connectivity index (χ1n) is 7.93. The van der Waals surface area contributed by atoms with Crippen molar-refractivity contribution < 1.29 is 26.3 Å². The fraction of sp³-hybridized carbons (Fsp3) is 0.353. The molecule has 26 heavy (non-hydrogen) atoms. The lowest BCUT2D eigenvalue weighted by atomic mass is 10.0. The molecule has 2 heterocycles. The van der Waals surface area contributed by atoms with E-state index in [0.717, 1.165) is 12.1 Å². The van der Waals surface area contributed by atoms with Crippen LogP contribution in [0.25, 0.3) is 0 Å². The highest BCUT2D eigenvalue weighted by Gasteiger charge is 2.30. The van der Waals surface area contributed by atoms with E-state index in [9.17, 15) is 26.3 Å². The molecule has 1 atom stereocenters. The van der Waals surface area contributed by atoms with E-state index in [4.69, 9.17) is 0 Å². The average Bonchev–Trinajstić information content (AvgIpc) is 2.60. The van der Waals surface area contributed by atoms with Gasteiger partial charge in [0.2, 0.25) is 11.6 Å². The molecule has 1 aliphatic heterocycles. The predicted octanol–water partition coefficient (Wildman–Crippen LogP) is 3.80. The van der Waals surface area contributed by atoms with Crippen LogP contribution in [0, 0.1) is 35.2 Å². The van der Waals surface area contributed by atoms with Gasteiger partial charge in [-0.1, -0.05) is 6.07 Å². The van der Waals surface area contributed by atoms with Crippen molar-refractivity contribution in [1.29, 1.82) is 0 Å². The molecule has 0 spiro atoms. The summed E-state index contributed by atoms with van der Waals surface area (Å²) in [5, 5.41) is 0. The fourth-order valence-electron chi connectivity index (χ4n) is 3.12. The molecule has 140 valence electrons. The summed E-state index contributed by atoms with van der Waals surface area (Å²) in [5.74, 6) is -7.87. The molecule has 0 N–H and O–H groups in total. The van der Waals surface area contributed by atoms with Gasteiger partial charge in [0.1, 0.15) is 17.3 Å². The number of hydrogen-bond acceptors (Lipinski definition) is 3. The Balaban J connectivity index is 1.76. The molecule has 0 radical (unpaired) electrons. The lowest BCUT2D eigenvalue weighted by molar-refractivity contribution is 0.193. The minimum Gasteiger partial charge on any atom is -0.364 e. The first-order valence-corrected chi connectivity index (χ1v) is 7.93. The third-order valence-electron chi connectivity index (χ3n) is 4.57. The first-order chi connectivity index (χ1) is 12.3. The quantitative estimate of drug-likeness (QED) is 0.601. The Morgan fingerprint density at radius 2 is 1.46 bits per heavy atom. The van der Waals surface area contributed by atoms with Crippen LogP contribution >= 0.6 is 0 Å². The average molecular weight is 375 g/mol. The van der Waals surface area contributed by atoms with E-state index in [0.29, 0.717) is 5.56 Å². The molecule has 0 saturated carbocycles. The smallest absolute Gasteiger partial charge is 0.253 e. The number of pyridine rings is 1. The van der Waals surface area contributed by atoms with Crippen molar-refractivity contribution in [3.8, 4) is 0 Å². The van der Waals surface area contributed by atoms with Crippen molar-refractivity contribution in [3.63, 3.8) is 0 Å². The second kappa shape index (κ2) is 7.14. The molecule has 1 unspecified atom stereocenters. The fourth-order valence-corrected chi connectivity index (χ4v) is 3.12. The third-order valence-corrected chi connectivity index (χ3v) is 4.57. The highest BCUT2D eigenvalue weighted by Crippen LogP contribution is 2.29. The predicted molar refractivity (Wildman–Crippen MR) is 82.6 cm³/mol. The van der Waals surface area contributed by atoms with Gasteiger partial charge in [0, 0.05) is 43.9 Å². The van der Waals surface area contributed by atoms with E-state index in [1.165, 1.54) is 11.0 Å². The van der Waals surface area contributed by atoms with Crippen LogP contribution in [0.2, 0.25) is 0 Å². The van der Waals surface area contributed by atoms with Gasteiger partial charge in [-0.3, -0.25) is 4.90 Å². The van der Waals surface area contributed by atoms with Crippen molar-refractivity contribution in [3.05, 3.63) is 58.9 Å². The van der Waals surface area contributed by atoms with Gasteiger partial charge in [-0.15, -0.1) is 0 Å². The minimum atomic E-state index is -1.71. The van der Waals surface area contributed by atoms with Gasteiger partial charge < -0.3 is 4.90 Å². The number of anilines is 1. The maximum absolute atomic E-state index is 13.9. The summed E-state index contributed by atoms with van der Waals surface area (Å²) in [4.78, 5) is 5.55. The van der Waals surface area contributed by atoms with Crippen LogP contribution in [0.4, 0.5) is 32.0 Å². The molecule has 3 rings (SSSR count). The number of aromatic nitrogens is 1. The zero-order valence-electron chi connectivity index (χ0n) is 13.7. The Kier molecular flexibility index (Phi) is 5.08. The number of halogens is 6. The van der Waals surface area contributed by atoms with Gasteiger partial charge in [0.15, 0.2) is 0 Å². The van der Waals surface area contributed by atoms with Crippen molar-refractivity contribution in [2.45, 2.75) is 13.0 Å². The number of nitrogens with zero attached hydrogens (tertiary/aromatic N) is 3. The summed E-state index contributed by atoms with van der Waals surface area (Å²) in [6, 6.07) is 2.88. The van der Waals surface area contributed by atoms with Gasteiger partial charge in [0.25, 0.3) is 11.9 Å². The SMILES string of the molecule is CC(c1ccc(F)cc1F)N1CCN(c2c(F)c(F)nc(F)c2F)CC1. The molecule has 0 bridgehead atoms. The van der Waals surface area contributed by atoms with E-state index in [1.54, 1.807) is 6.92 Å². The zero-order chi connectivity index (χ0) is 19.0. The molecule has 1 aromatic heterocycles. The number of hydrogen-bond donors (Lipinski definition) is 0. The van der Waals surface area contributed by atoms with E-state index < -0.39 is 46.9 Å². The summed E-state index contributed by atoms with van der Waals surface area (Å²) in [6.07, 6.45) is 0. The van der Waals surface area contributed by atoms with Crippen LogP contribution in [0.3, 0.4) is 0 Å². The molecule has 3 nitrogen and oxygen atoms in total. The molecular formula is C17H15F6N3. The molecule has 1 fully saturated rings. The lowest BCUT2D eigenvalue weighted by Crippen LogP contribution is -2.48. The summed E-state index contributed by atoms with van der Waals surface area (Å²) in [7, 11) is 0. The second-order valence-electron chi connectivity index (χ2n) is 6.03. The summed E-state index contributed by atoms with van der Waals surface area (Å²) in [6.45, 7) is 2.40. The molecular weight excluding hydrogens is 360 g/mol.